The van der Waals surface area contributed by atoms with Crippen LogP contribution in [-0.2, 0) is 21.4 Å². The number of nitrogens with zero attached hydrogens (tertiary/aromatic N) is 4. The fraction of sp³-hybridized carbons (Fsp3) is 0.150. The van der Waals surface area contributed by atoms with Crippen molar-refractivity contribution in [1.29, 1.82) is 0 Å². The number of hydrazone groups is 1. The number of aromatic nitrogens is 2. The number of sulfonamides is 1. The Morgan fingerprint density at radius 1 is 1.14 bits per heavy atom. The summed E-state index contributed by atoms with van der Waals surface area (Å²) in [6.45, 7) is 3.30. The van der Waals surface area contributed by atoms with Crippen molar-refractivity contribution in [3.05, 3.63) is 58.1 Å². The SMILES string of the molecule is CC(=O)Nc1ccc(S(=O)(=O)/N=C/NN/C=N/Nc2nnc(COc3ccc(Cl)cc3)s2)cc1C.Cl. The van der Waals surface area contributed by atoms with E-state index >= 15 is 0 Å². The first-order valence-corrected chi connectivity index (χ1v) is 12.5. The zero-order valence-electron chi connectivity index (χ0n) is 18.9. The van der Waals surface area contributed by atoms with Gasteiger partial charge in [0.15, 0.2) is 5.01 Å². The largest absolute Gasteiger partial charge is 0.486 e. The van der Waals surface area contributed by atoms with Crippen LogP contribution in [0.2, 0.25) is 5.02 Å². The van der Waals surface area contributed by atoms with E-state index in [1.165, 1.54) is 42.8 Å². The standard InChI is InChI=1S/C20H21ClN8O4S2.ClH/c1-13-9-17(7-8-18(13)26-14(2)30)35(31,32)25-12-23-22-11-24-28-20-29-27-19(34-20)10-33-16-5-3-15(21)4-6-16;/h3-9,11-12H,10H2,1-2H3,(H,22,24)(H,23,25)(H,26,30)(H,28,29);1H. The minimum absolute atomic E-state index is 0. The van der Waals surface area contributed by atoms with Crippen molar-refractivity contribution in [2.24, 2.45) is 9.50 Å². The summed E-state index contributed by atoms with van der Waals surface area (Å²) < 4.78 is 33.8. The molecule has 0 saturated heterocycles. The molecule has 0 aliphatic carbocycles. The summed E-state index contributed by atoms with van der Waals surface area (Å²) in [7, 11) is -3.93. The lowest BCUT2D eigenvalue weighted by atomic mass is 10.2. The maximum atomic E-state index is 12.3. The number of hydrazine groups is 1. The summed E-state index contributed by atoms with van der Waals surface area (Å²) in [6, 6.07) is 11.3. The Hall–Kier alpha value is -3.46. The molecule has 0 fully saturated rings. The maximum absolute atomic E-state index is 12.3. The third-order valence-corrected chi connectivity index (χ3v) is 6.36. The Kier molecular flexibility index (Phi) is 10.9. The minimum Gasteiger partial charge on any atom is -0.486 e. The minimum atomic E-state index is -3.93. The summed E-state index contributed by atoms with van der Waals surface area (Å²) in [6.07, 6.45) is 2.20. The summed E-state index contributed by atoms with van der Waals surface area (Å²) >= 11 is 7.09. The zero-order chi connectivity index (χ0) is 25.3. The van der Waals surface area contributed by atoms with E-state index in [4.69, 9.17) is 16.3 Å². The highest BCUT2D eigenvalue weighted by atomic mass is 35.5. The van der Waals surface area contributed by atoms with Gasteiger partial charge in [-0.2, -0.15) is 13.5 Å². The molecule has 1 aromatic heterocycles. The van der Waals surface area contributed by atoms with Gasteiger partial charge in [0.2, 0.25) is 11.0 Å². The second kappa shape index (κ2) is 13.6. The van der Waals surface area contributed by atoms with Gasteiger partial charge in [-0.15, -0.1) is 27.0 Å². The van der Waals surface area contributed by atoms with Crippen LogP contribution in [0.3, 0.4) is 0 Å². The van der Waals surface area contributed by atoms with Gasteiger partial charge in [0, 0.05) is 17.6 Å². The molecule has 12 nitrogen and oxygen atoms in total. The normalized spacial score (nSPS) is 11.2. The highest BCUT2D eigenvalue weighted by molar-refractivity contribution is 7.90. The van der Waals surface area contributed by atoms with E-state index < -0.39 is 10.0 Å². The number of aryl methyl sites for hydroxylation is 1. The highest BCUT2D eigenvalue weighted by Crippen LogP contribution is 2.21. The Morgan fingerprint density at radius 2 is 1.86 bits per heavy atom. The molecular weight excluding hydrogens is 551 g/mol. The number of amides is 1. The van der Waals surface area contributed by atoms with Crippen molar-refractivity contribution in [3.8, 4) is 5.75 Å². The summed E-state index contributed by atoms with van der Waals surface area (Å²) in [5.74, 6) is 0.413. The zero-order valence-corrected chi connectivity index (χ0v) is 22.1. The molecule has 0 aliphatic rings. The number of hydrogen-bond acceptors (Lipinski definition) is 9. The van der Waals surface area contributed by atoms with Gasteiger partial charge in [0.1, 0.15) is 25.0 Å². The van der Waals surface area contributed by atoms with Gasteiger partial charge in [-0.05, 0) is 55.0 Å². The monoisotopic (exact) mass is 572 g/mol. The van der Waals surface area contributed by atoms with Crippen molar-refractivity contribution >= 4 is 74.8 Å². The van der Waals surface area contributed by atoms with Crippen molar-refractivity contribution < 1.29 is 17.9 Å². The van der Waals surface area contributed by atoms with Gasteiger partial charge in [-0.1, -0.05) is 22.9 Å². The lowest BCUT2D eigenvalue weighted by Gasteiger charge is -2.07. The molecule has 0 spiro atoms. The quantitative estimate of drug-likeness (QED) is 0.117. The summed E-state index contributed by atoms with van der Waals surface area (Å²) in [5.41, 5.74) is 8.80. The second-order valence-electron chi connectivity index (χ2n) is 6.77. The third-order valence-electron chi connectivity index (χ3n) is 4.08. The van der Waals surface area contributed by atoms with Crippen molar-refractivity contribution in [3.63, 3.8) is 0 Å². The van der Waals surface area contributed by atoms with Crippen LogP contribution in [0.15, 0.2) is 56.9 Å². The van der Waals surface area contributed by atoms with E-state index in [1.54, 1.807) is 31.2 Å². The highest BCUT2D eigenvalue weighted by Gasteiger charge is 2.13. The van der Waals surface area contributed by atoms with Crippen LogP contribution < -0.4 is 26.3 Å². The number of anilines is 2. The number of benzene rings is 2. The van der Waals surface area contributed by atoms with Crippen LogP contribution >= 0.6 is 35.3 Å². The van der Waals surface area contributed by atoms with Crippen LogP contribution in [0, 0.1) is 6.92 Å². The van der Waals surface area contributed by atoms with Crippen molar-refractivity contribution in [2.75, 3.05) is 10.7 Å². The number of rotatable bonds is 11. The van der Waals surface area contributed by atoms with E-state index in [1.807, 2.05) is 0 Å². The first-order valence-electron chi connectivity index (χ1n) is 9.89. The molecule has 2 aromatic carbocycles. The Bertz CT molecular complexity index is 1330. The fourth-order valence-corrected chi connectivity index (χ4v) is 4.12. The van der Waals surface area contributed by atoms with Crippen LogP contribution in [0.5, 0.6) is 5.75 Å². The van der Waals surface area contributed by atoms with E-state index in [0.717, 1.165) is 6.34 Å². The van der Waals surface area contributed by atoms with Gasteiger partial charge >= 0.3 is 0 Å². The molecule has 4 N–H and O–H groups in total. The molecule has 0 atom stereocenters. The average molecular weight is 573 g/mol. The predicted molar refractivity (Wildman–Crippen MR) is 142 cm³/mol. The number of carbonyl (C=O) groups excluding carboxylic acids is 1. The van der Waals surface area contributed by atoms with E-state index in [-0.39, 0.29) is 29.8 Å². The molecule has 0 bridgehead atoms. The number of carbonyl (C=O) groups is 1. The second-order valence-corrected chi connectivity index (χ2v) is 9.90. The number of ether oxygens (including phenoxy) is 1. The molecule has 1 heterocycles. The van der Waals surface area contributed by atoms with E-state index in [9.17, 15) is 13.2 Å². The topological polar surface area (TPSA) is 159 Å². The van der Waals surface area contributed by atoms with Crippen LogP contribution in [0.4, 0.5) is 10.8 Å². The number of nitrogens with one attached hydrogen (secondary N) is 4. The van der Waals surface area contributed by atoms with Crippen molar-refractivity contribution in [1.82, 2.24) is 21.0 Å². The number of halogens is 2. The lowest BCUT2D eigenvalue weighted by Crippen LogP contribution is -2.29. The fourth-order valence-electron chi connectivity index (χ4n) is 2.51. The average Bonchev–Trinajstić information content (AvgIpc) is 3.27. The molecule has 0 aliphatic heterocycles. The molecule has 1 amide bonds. The van der Waals surface area contributed by atoms with Crippen LogP contribution in [-0.4, -0.2) is 37.2 Å². The molecule has 36 heavy (non-hydrogen) atoms. The third kappa shape index (κ3) is 8.96. The van der Waals surface area contributed by atoms with Gasteiger partial charge in [0.25, 0.3) is 10.0 Å². The molecule has 192 valence electrons. The number of hydrogen-bond donors (Lipinski definition) is 4. The Balaban J connectivity index is 0.00000456. The smallest absolute Gasteiger partial charge is 0.283 e. The molecule has 3 rings (SSSR count). The molecule has 3 aromatic rings. The Labute approximate surface area is 222 Å². The molecule has 0 saturated carbocycles. The first-order chi connectivity index (χ1) is 16.7. The van der Waals surface area contributed by atoms with Gasteiger partial charge in [0.05, 0.1) is 4.90 Å². The molecule has 0 radical (unpaired) electrons. The molecular formula is C20H22Cl2N8O4S2. The van der Waals surface area contributed by atoms with E-state index in [0.29, 0.717) is 32.2 Å². The first kappa shape index (κ1) is 28.8. The maximum Gasteiger partial charge on any atom is 0.283 e. The van der Waals surface area contributed by atoms with Crippen molar-refractivity contribution in [2.45, 2.75) is 25.3 Å². The van der Waals surface area contributed by atoms with E-state index in [2.05, 4.69) is 41.3 Å². The van der Waals surface area contributed by atoms with Crippen LogP contribution in [0.25, 0.3) is 0 Å². The predicted octanol–water partition coefficient (Wildman–Crippen LogP) is 3.33. The summed E-state index contributed by atoms with van der Waals surface area (Å²) in [5, 5.41) is 16.1. The molecule has 16 heteroatoms. The van der Waals surface area contributed by atoms with Crippen LogP contribution in [0.1, 0.15) is 17.5 Å². The van der Waals surface area contributed by atoms with Gasteiger partial charge < -0.3 is 10.1 Å². The lowest BCUT2D eigenvalue weighted by molar-refractivity contribution is -0.114. The Morgan fingerprint density at radius 3 is 2.56 bits per heavy atom. The summed E-state index contributed by atoms with van der Waals surface area (Å²) in [4.78, 5) is 11.2. The van der Waals surface area contributed by atoms with Gasteiger partial charge in [-0.3, -0.25) is 15.6 Å². The molecule has 0 unspecified atom stereocenters. The van der Waals surface area contributed by atoms with Gasteiger partial charge in [-0.25, -0.2) is 5.43 Å².